The van der Waals surface area contributed by atoms with Crippen molar-refractivity contribution >= 4 is 28.4 Å². The van der Waals surface area contributed by atoms with Crippen LogP contribution in [0.25, 0.3) is 10.9 Å². The first-order valence-corrected chi connectivity index (χ1v) is 11.1. The standard InChI is InChI=1S/C24H28ClFN4O2/c1-16(22-28-21-15-17(25)11-12-19(21)23(31)29(22)2)30(14-8-4-3-7-13-27)24(32)18-9-5-6-10-20(18)26/h5-6,9-12,15-16H,3-4,7-8,13-14,27H2,1-2H3. The molecule has 0 aliphatic heterocycles. The predicted octanol–water partition coefficient (Wildman–Crippen LogP) is 4.45. The molecule has 0 fully saturated rings. The number of unbranched alkanes of at least 4 members (excludes halogenated alkanes) is 3. The normalized spacial score (nSPS) is 12.2. The molecule has 3 aromatic rings. The summed E-state index contributed by atoms with van der Waals surface area (Å²) in [4.78, 5) is 32.5. The highest BCUT2D eigenvalue weighted by atomic mass is 35.5. The molecule has 1 atom stereocenters. The number of hydrogen-bond acceptors (Lipinski definition) is 4. The largest absolute Gasteiger partial charge is 0.330 e. The fourth-order valence-corrected chi connectivity index (χ4v) is 3.98. The summed E-state index contributed by atoms with van der Waals surface area (Å²) in [6, 6.07) is 10.3. The van der Waals surface area contributed by atoms with Gasteiger partial charge in [-0.05, 0) is 56.6 Å². The lowest BCUT2D eigenvalue weighted by Gasteiger charge is -2.30. The summed E-state index contributed by atoms with van der Waals surface area (Å²) < 4.78 is 15.8. The average molecular weight is 459 g/mol. The smallest absolute Gasteiger partial charge is 0.261 e. The van der Waals surface area contributed by atoms with Gasteiger partial charge in [-0.15, -0.1) is 0 Å². The predicted molar refractivity (Wildman–Crippen MR) is 125 cm³/mol. The second-order valence-electron chi connectivity index (χ2n) is 7.85. The number of fused-ring (bicyclic) bond motifs is 1. The zero-order valence-corrected chi connectivity index (χ0v) is 19.1. The minimum atomic E-state index is -0.579. The molecule has 0 bridgehead atoms. The minimum absolute atomic E-state index is 0.00450. The number of aromatic nitrogens is 2. The summed E-state index contributed by atoms with van der Waals surface area (Å²) in [5.41, 5.74) is 5.80. The van der Waals surface area contributed by atoms with Gasteiger partial charge in [-0.3, -0.25) is 14.2 Å². The Morgan fingerprint density at radius 1 is 1.19 bits per heavy atom. The van der Waals surface area contributed by atoms with Crippen molar-refractivity contribution in [1.29, 1.82) is 0 Å². The van der Waals surface area contributed by atoms with Gasteiger partial charge in [0.1, 0.15) is 11.6 Å². The van der Waals surface area contributed by atoms with E-state index in [-0.39, 0.29) is 11.1 Å². The van der Waals surface area contributed by atoms with Gasteiger partial charge in [0.2, 0.25) is 0 Å². The Hall–Kier alpha value is -2.77. The number of amides is 1. The maximum atomic E-state index is 14.4. The summed E-state index contributed by atoms with van der Waals surface area (Å²) in [7, 11) is 1.63. The Labute approximate surface area is 191 Å². The molecule has 0 saturated carbocycles. The second-order valence-corrected chi connectivity index (χ2v) is 8.29. The van der Waals surface area contributed by atoms with Gasteiger partial charge in [0, 0.05) is 18.6 Å². The van der Waals surface area contributed by atoms with E-state index >= 15 is 0 Å². The molecule has 8 heteroatoms. The van der Waals surface area contributed by atoms with E-state index < -0.39 is 17.8 Å². The van der Waals surface area contributed by atoms with Crippen molar-refractivity contribution in [2.24, 2.45) is 12.8 Å². The van der Waals surface area contributed by atoms with Crippen molar-refractivity contribution in [2.75, 3.05) is 13.1 Å². The van der Waals surface area contributed by atoms with Crippen LogP contribution in [0.3, 0.4) is 0 Å². The van der Waals surface area contributed by atoms with Gasteiger partial charge < -0.3 is 10.6 Å². The van der Waals surface area contributed by atoms with Crippen LogP contribution in [-0.2, 0) is 7.05 Å². The second kappa shape index (κ2) is 10.7. The third kappa shape index (κ3) is 5.16. The van der Waals surface area contributed by atoms with Crippen LogP contribution in [0.1, 0.15) is 54.8 Å². The molecule has 1 amide bonds. The van der Waals surface area contributed by atoms with Crippen molar-refractivity contribution in [3.63, 3.8) is 0 Å². The van der Waals surface area contributed by atoms with Crippen LogP contribution < -0.4 is 11.3 Å². The van der Waals surface area contributed by atoms with Gasteiger partial charge in [0.05, 0.1) is 22.5 Å². The van der Waals surface area contributed by atoms with Crippen LogP contribution in [0.5, 0.6) is 0 Å². The lowest BCUT2D eigenvalue weighted by Crippen LogP contribution is -2.38. The Bertz CT molecular complexity index is 1160. The van der Waals surface area contributed by atoms with Gasteiger partial charge >= 0.3 is 0 Å². The Morgan fingerprint density at radius 3 is 2.62 bits per heavy atom. The molecule has 6 nitrogen and oxygen atoms in total. The number of benzene rings is 2. The van der Waals surface area contributed by atoms with Crippen molar-refractivity contribution < 1.29 is 9.18 Å². The fraction of sp³-hybridized carbons (Fsp3) is 0.375. The van der Waals surface area contributed by atoms with E-state index in [1.807, 2.05) is 0 Å². The van der Waals surface area contributed by atoms with Gasteiger partial charge in [0.25, 0.3) is 11.5 Å². The maximum Gasteiger partial charge on any atom is 0.261 e. The van der Waals surface area contributed by atoms with Gasteiger partial charge in [-0.2, -0.15) is 0 Å². The van der Waals surface area contributed by atoms with E-state index in [9.17, 15) is 14.0 Å². The van der Waals surface area contributed by atoms with Crippen molar-refractivity contribution in [1.82, 2.24) is 14.5 Å². The minimum Gasteiger partial charge on any atom is -0.330 e. The van der Waals surface area contributed by atoms with E-state index in [2.05, 4.69) is 4.98 Å². The summed E-state index contributed by atoms with van der Waals surface area (Å²) in [6.45, 7) is 2.83. The highest BCUT2D eigenvalue weighted by Gasteiger charge is 2.27. The molecule has 1 aromatic heterocycles. The quantitative estimate of drug-likeness (QED) is 0.480. The van der Waals surface area contributed by atoms with Crippen LogP contribution in [0.15, 0.2) is 47.3 Å². The Morgan fingerprint density at radius 2 is 1.91 bits per heavy atom. The zero-order valence-electron chi connectivity index (χ0n) is 18.4. The fourth-order valence-electron chi connectivity index (χ4n) is 3.81. The van der Waals surface area contributed by atoms with Gasteiger partial charge in [-0.1, -0.05) is 36.6 Å². The van der Waals surface area contributed by atoms with E-state index in [0.717, 1.165) is 25.7 Å². The first kappa shape index (κ1) is 23.9. The molecule has 1 unspecified atom stereocenters. The molecule has 0 aliphatic rings. The van der Waals surface area contributed by atoms with E-state index in [1.165, 1.54) is 16.7 Å². The molecule has 0 radical (unpaired) electrons. The summed E-state index contributed by atoms with van der Waals surface area (Å²) in [6.07, 6.45) is 3.50. The SMILES string of the molecule is CC(c1nc2cc(Cl)ccc2c(=O)n1C)N(CCCCCCN)C(=O)c1ccccc1F. The molecule has 0 aliphatic carbocycles. The number of carbonyl (C=O) groups is 1. The summed E-state index contributed by atoms with van der Waals surface area (Å²) in [5.74, 6) is -0.601. The first-order valence-electron chi connectivity index (χ1n) is 10.8. The highest BCUT2D eigenvalue weighted by molar-refractivity contribution is 6.31. The average Bonchev–Trinajstić information content (AvgIpc) is 2.78. The maximum absolute atomic E-state index is 14.4. The highest BCUT2D eigenvalue weighted by Crippen LogP contribution is 2.24. The topological polar surface area (TPSA) is 81.2 Å². The van der Waals surface area contributed by atoms with Crippen LogP contribution >= 0.6 is 11.6 Å². The molecule has 0 spiro atoms. The lowest BCUT2D eigenvalue weighted by atomic mass is 10.1. The van der Waals surface area contributed by atoms with Crippen LogP contribution in [0.4, 0.5) is 4.39 Å². The molecule has 2 aromatic carbocycles. The van der Waals surface area contributed by atoms with Crippen LogP contribution in [0, 0.1) is 5.82 Å². The Kier molecular flexibility index (Phi) is 7.99. The third-order valence-corrected chi connectivity index (χ3v) is 5.87. The van der Waals surface area contributed by atoms with Crippen molar-refractivity contribution in [3.05, 3.63) is 75.0 Å². The molecular formula is C24H28ClFN4O2. The van der Waals surface area contributed by atoms with Crippen molar-refractivity contribution in [3.8, 4) is 0 Å². The van der Waals surface area contributed by atoms with E-state index in [0.29, 0.717) is 34.8 Å². The monoisotopic (exact) mass is 458 g/mol. The summed E-state index contributed by atoms with van der Waals surface area (Å²) >= 11 is 6.10. The molecular weight excluding hydrogens is 431 g/mol. The van der Waals surface area contributed by atoms with Crippen molar-refractivity contribution in [2.45, 2.75) is 38.6 Å². The molecule has 170 valence electrons. The van der Waals surface area contributed by atoms with Gasteiger partial charge in [0.15, 0.2) is 0 Å². The molecule has 3 rings (SSSR count). The molecule has 2 N–H and O–H groups in total. The number of hydrogen-bond donors (Lipinski definition) is 1. The van der Waals surface area contributed by atoms with Gasteiger partial charge in [-0.25, -0.2) is 9.37 Å². The number of nitrogens with zero attached hydrogens (tertiary/aromatic N) is 3. The Balaban J connectivity index is 2.00. The number of nitrogens with two attached hydrogens (primary N) is 1. The number of halogens is 2. The molecule has 32 heavy (non-hydrogen) atoms. The zero-order chi connectivity index (χ0) is 23.3. The lowest BCUT2D eigenvalue weighted by molar-refractivity contribution is 0.0671. The molecule has 1 heterocycles. The molecule has 0 saturated heterocycles. The van der Waals surface area contributed by atoms with E-state index in [1.54, 1.807) is 49.2 Å². The van der Waals surface area contributed by atoms with Crippen LogP contribution in [0.2, 0.25) is 5.02 Å². The number of rotatable bonds is 9. The van der Waals surface area contributed by atoms with Crippen LogP contribution in [-0.4, -0.2) is 33.4 Å². The first-order chi connectivity index (χ1) is 15.3. The third-order valence-electron chi connectivity index (χ3n) is 5.63. The number of carbonyl (C=O) groups excluding carboxylic acids is 1. The van der Waals surface area contributed by atoms with E-state index in [4.69, 9.17) is 17.3 Å². The summed E-state index contributed by atoms with van der Waals surface area (Å²) in [5, 5.41) is 0.915.